The lowest BCUT2D eigenvalue weighted by Gasteiger charge is -1.96. The molecule has 0 unspecified atom stereocenters. The van der Waals surface area contributed by atoms with Gasteiger partial charge in [-0.25, -0.2) is 8.42 Å². The summed E-state index contributed by atoms with van der Waals surface area (Å²) in [5.74, 6) is 0. The number of carbonyl (C=O) groups is 1. The molecule has 0 aliphatic rings. The highest BCUT2D eigenvalue weighted by molar-refractivity contribution is 8.14. The van der Waals surface area contributed by atoms with Crippen LogP contribution in [0.25, 0.3) is 10.1 Å². The van der Waals surface area contributed by atoms with Gasteiger partial charge in [0.2, 0.25) is 0 Å². The van der Waals surface area contributed by atoms with Crippen LogP contribution in [0.4, 0.5) is 0 Å². The van der Waals surface area contributed by atoms with Crippen molar-refractivity contribution in [2.24, 2.45) is 0 Å². The maximum Gasteiger partial charge on any atom is 0.263 e. The number of carbonyl (C=O) groups excluding carboxylic acids is 1. The first-order valence-corrected chi connectivity index (χ1v) is 8.05. The maximum absolute atomic E-state index is 11.4. The van der Waals surface area contributed by atoms with E-state index in [1.54, 1.807) is 6.07 Å². The molecule has 90 valence electrons. The molecule has 0 spiro atoms. The molecule has 0 fully saturated rings. The van der Waals surface area contributed by atoms with Gasteiger partial charge in [-0.05, 0) is 23.7 Å². The quantitative estimate of drug-likeness (QED) is 0.786. The van der Waals surface area contributed by atoms with Crippen LogP contribution in [0.5, 0.6) is 0 Å². The molecule has 17 heavy (non-hydrogen) atoms. The molecule has 0 aliphatic carbocycles. The number of thiophene rings is 1. The molecule has 0 saturated carbocycles. The van der Waals surface area contributed by atoms with Gasteiger partial charge in [-0.1, -0.05) is 17.7 Å². The van der Waals surface area contributed by atoms with Gasteiger partial charge in [0.05, 0.1) is 0 Å². The van der Waals surface area contributed by atoms with Crippen molar-refractivity contribution in [1.82, 2.24) is 0 Å². The molecule has 1 heterocycles. The van der Waals surface area contributed by atoms with Crippen molar-refractivity contribution >= 4 is 69.6 Å². The van der Waals surface area contributed by atoms with Gasteiger partial charge < -0.3 is 0 Å². The van der Waals surface area contributed by atoms with Crippen molar-refractivity contribution in [3.05, 3.63) is 28.1 Å². The maximum atomic E-state index is 11.4. The van der Waals surface area contributed by atoms with Crippen molar-refractivity contribution < 1.29 is 13.2 Å². The summed E-state index contributed by atoms with van der Waals surface area (Å²) >= 11 is 12.1. The van der Waals surface area contributed by atoms with E-state index in [9.17, 15) is 13.2 Å². The Hall–Kier alpha value is -0.330. The normalized spacial score (nSPS) is 11.9. The van der Waals surface area contributed by atoms with Crippen LogP contribution in [-0.2, 0) is 9.05 Å². The van der Waals surface area contributed by atoms with Gasteiger partial charge in [0.15, 0.2) is 0 Å². The molecule has 0 N–H and O–H groups in total. The van der Waals surface area contributed by atoms with E-state index in [2.05, 4.69) is 0 Å². The minimum absolute atomic E-state index is 0.0982. The molecule has 0 aliphatic heterocycles. The van der Waals surface area contributed by atoms with Crippen LogP contribution in [0.1, 0.15) is 9.67 Å². The average Bonchev–Trinajstić information content (AvgIpc) is 2.55. The van der Waals surface area contributed by atoms with Gasteiger partial charge in [0, 0.05) is 25.8 Å². The second-order valence-corrected chi connectivity index (χ2v) is 7.45. The second kappa shape index (κ2) is 4.40. The van der Waals surface area contributed by atoms with Gasteiger partial charge in [0.1, 0.15) is 9.77 Å². The van der Waals surface area contributed by atoms with Gasteiger partial charge in [-0.15, -0.1) is 11.3 Å². The summed E-state index contributed by atoms with van der Waals surface area (Å²) < 4.78 is 23.4. The van der Waals surface area contributed by atoms with Crippen molar-refractivity contribution in [1.29, 1.82) is 0 Å². The highest BCUT2D eigenvalue weighted by Gasteiger charge is 2.26. The second-order valence-electron chi connectivity index (χ2n) is 3.11. The third-order valence-electron chi connectivity index (χ3n) is 2.03. The molecule has 8 heteroatoms. The molecule has 0 atom stereocenters. The molecule has 3 nitrogen and oxygen atoms in total. The molecule has 0 radical (unpaired) electrons. The lowest BCUT2D eigenvalue weighted by atomic mass is 10.2. The number of benzene rings is 1. The molecule has 2 aromatic rings. The van der Waals surface area contributed by atoms with Crippen molar-refractivity contribution in [3.8, 4) is 0 Å². The van der Waals surface area contributed by atoms with E-state index < -0.39 is 14.3 Å². The Morgan fingerprint density at radius 2 is 1.94 bits per heavy atom. The summed E-state index contributed by atoms with van der Waals surface area (Å²) in [6, 6.07) is 4.56. The van der Waals surface area contributed by atoms with E-state index in [4.69, 9.17) is 33.9 Å². The third-order valence-corrected chi connectivity index (χ3v) is 5.22. The zero-order valence-corrected chi connectivity index (χ0v) is 11.8. The molecule has 0 bridgehead atoms. The number of hydrogen-bond donors (Lipinski definition) is 0. The Bertz CT molecular complexity index is 718. The summed E-state index contributed by atoms with van der Waals surface area (Å²) in [5.41, 5.74) is 0. The van der Waals surface area contributed by atoms with E-state index in [1.165, 1.54) is 12.1 Å². The van der Waals surface area contributed by atoms with Crippen LogP contribution < -0.4 is 0 Å². The Balaban J connectivity index is 2.96. The van der Waals surface area contributed by atoms with Crippen LogP contribution in [0, 0.1) is 0 Å². The van der Waals surface area contributed by atoms with E-state index in [0.29, 0.717) is 15.1 Å². The van der Waals surface area contributed by atoms with Crippen LogP contribution >= 0.6 is 45.2 Å². The first-order chi connectivity index (χ1) is 7.80. The fraction of sp³-hybridized carbons (Fsp3) is 0. The standard InChI is InChI=1S/C9H3Cl3O3S2/c10-4-1-2-5-6(3-4)16-7(9(11)13)8(5)17(12,14)15/h1-3H. The first-order valence-electron chi connectivity index (χ1n) is 4.17. The lowest BCUT2D eigenvalue weighted by Crippen LogP contribution is -1.96. The van der Waals surface area contributed by atoms with Gasteiger partial charge in [0.25, 0.3) is 14.3 Å². The number of halogens is 3. The van der Waals surface area contributed by atoms with Crippen LogP contribution in [-0.4, -0.2) is 13.7 Å². The Labute approximate surface area is 115 Å². The topological polar surface area (TPSA) is 51.2 Å². The van der Waals surface area contributed by atoms with Gasteiger partial charge in [-0.3, -0.25) is 4.79 Å². The van der Waals surface area contributed by atoms with E-state index in [1.807, 2.05) is 0 Å². The Morgan fingerprint density at radius 1 is 1.29 bits per heavy atom. The summed E-state index contributed by atoms with van der Waals surface area (Å²) in [6.07, 6.45) is 0. The lowest BCUT2D eigenvalue weighted by molar-refractivity contribution is 0.108. The number of hydrogen-bond acceptors (Lipinski definition) is 4. The zero-order valence-electron chi connectivity index (χ0n) is 7.91. The minimum atomic E-state index is -4.04. The fourth-order valence-electron chi connectivity index (χ4n) is 1.42. The van der Waals surface area contributed by atoms with Crippen molar-refractivity contribution in [2.75, 3.05) is 0 Å². The Kier molecular flexibility index (Phi) is 3.40. The third kappa shape index (κ3) is 2.44. The molecule has 1 aromatic carbocycles. The van der Waals surface area contributed by atoms with Gasteiger partial charge >= 0.3 is 0 Å². The number of rotatable bonds is 2. The van der Waals surface area contributed by atoms with Crippen LogP contribution in [0.2, 0.25) is 5.02 Å². The number of fused-ring (bicyclic) bond motifs is 1. The molecule has 1 aromatic heterocycles. The first kappa shape index (κ1) is 13.1. The fourth-order valence-corrected chi connectivity index (χ4v) is 4.78. The summed E-state index contributed by atoms with van der Waals surface area (Å²) in [6.45, 7) is 0. The molecular formula is C9H3Cl3O3S2. The van der Waals surface area contributed by atoms with E-state index >= 15 is 0 Å². The highest BCUT2D eigenvalue weighted by Crippen LogP contribution is 2.38. The highest BCUT2D eigenvalue weighted by atomic mass is 35.7. The van der Waals surface area contributed by atoms with Crippen molar-refractivity contribution in [2.45, 2.75) is 4.90 Å². The Morgan fingerprint density at radius 3 is 2.47 bits per heavy atom. The predicted octanol–water partition coefficient (Wildman–Crippen LogP) is 3.86. The SMILES string of the molecule is O=C(Cl)c1sc2cc(Cl)ccc2c1S(=O)(=O)Cl. The largest absolute Gasteiger partial charge is 0.275 e. The predicted molar refractivity (Wildman–Crippen MR) is 70.1 cm³/mol. The van der Waals surface area contributed by atoms with Crippen LogP contribution in [0.3, 0.4) is 0 Å². The molecular weight excluding hydrogens is 327 g/mol. The molecule has 2 rings (SSSR count). The minimum Gasteiger partial charge on any atom is -0.275 e. The van der Waals surface area contributed by atoms with Gasteiger partial charge in [-0.2, -0.15) is 0 Å². The van der Waals surface area contributed by atoms with Crippen molar-refractivity contribution in [3.63, 3.8) is 0 Å². The average molecular weight is 330 g/mol. The monoisotopic (exact) mass is 328 g/mol. The van der Waals surface area contributed by atoms with Crippen LogP contribution in [0.15, 0.2) is 23.1 Å². The van der Waals surface area contributed by atoms with E-state index in [0.717, 1.165) is 11.3 Å². The molecule has 0 amide bonds. The summed E-state index contributed by atoms with van der Waals surface area (Å²) in [7, 11) is 1.26. The summed E-state index contributed by atoms with van der Waals surface area (Å²) in [4.78, 5) is 10.8. The zero-order chi connectivity index (χ0) is 12.8. The smallest absolute Gasteiger partial charge is 0.263 e. The van der Waals surface area contributed by atoms with E-state index in [-0.39, 0.29) is 9.77 Å². The summed E-state index contributed by atoms with van der Waals surface area (Å²) in [5, 5.41) is -0.0780. The molecule has 0 saturated heterocycles.